The minimum absolute atomic E-state index is 0.127. The average molecular weight is 495 g/mol. The third-order valence-corrected chi connectivity index (χ3v) is 8.73. The first kappa shape index (κ1) is 22.9. The second-order valence-electron chi connectivity index (χ2n) is 7.60. The maximum Gasteiger partial charge on any atom is 0.244 e. The molecule has 1 amide bonds. The second kappa shape index (κ2) is 9.30. The Hall–Kier alpha value is -2.27. The third-order valence-electron chi connectivity index (χ3n) is 5.33. The minimum Gasteiger partial charge on any atom is -0.339 e. The zero-order valence-electron chi connectivity index (χ0n) is 17.7. The molecule has 0 aliphatic carbocycles. The fourth-order valence-corrected chi connectivity index (χ4v) is 6.85. The molecule has 1 saturated heterocycles. The van der Waals surface area contributed by atoms with E-state index in [1.807, 2.05) is 6.92 Å². The molecule has 0 saturated carbocycles. The maximum absolute atomic E-state index is 13.4. The summed E-state index contributed by atoms with van der Waals surface area (Å²) in [5.74, 6) is 0.225. The van der Waals surface area contributed by atoms with Crippen LogP contribution in [0.5, 0.6) is 0 Å². The zero-order chi connectivity index (χ0) is 22.9. The summed E-state index contributed by atoms with van der Waals surface area (Å²) in [4.78, 5) is 18.6. The van der Waals surface area contributed by atoms with Gasteiger partial charge in [0.25, 0.3) is 0 Å². The Kier molecular flexibility index (Phi) is 6.66. The largest absolute Gasteiger partial charge is 0.339 e. The number of benzene rings is 1. The number of nitrogens with zero attached hydrogens (tertiary/aromatic N) is 3. The fraction of sp³-hybridized carbons (Fsp3) is 0.381. The van der Waals surface area contributed by atoms with E-state index >= 15 is 0 Å². The summed E-state index contributed by atoms with van der Waals surface area (Å²) in [7, 11) is -3.77. The number of carbonyl (C=O) groups is 1. The topological polar surface area (TPSA) is 105 Å². The van der Waals surface area contributed by atoms with Gasteiger partial charge in [-0.15, -0.1) is 11.3 Å². The standard InChI is InChI=1S/C21H23ClN4O4S2/c1-3-19-24-20(25-30-19)17-11-18(13(2)31-17)32(28,29)26-9-5-6-14(12-26)21(27)23-16-8-4-7-15(22)10-16/h4,7-8,10-11,14H,3,5-6,9,12H2,1-2H3,(H,23,27). The number of thiophene rings is 1. The molecule has 0 bridgehead atoms. The van der Waals surface area contributed by atoms with Crippen LogP contribution >= 0.6 is 22.9 Å². The first-order valence-corrected chi connectivity index (χ1v) is 12.9. The highest BCUT2D eigenvalue weighted by Gasteiger charge is 2.35. The van der Waals surface area contributed by atoms with Gasteiger partial charge in [-0.05, 0) is 44.0 Å². The highest BCUT2D eigenvalue weighted by molar-refractivity contribution is 7.89. The molecule has 1 N–H and O–H groups in total. The Morgan fingerprint density at radius 1 is 1.38 bits per heavy atom. The van der Waals surface area contributed by atoms with Crippen molar-refractivity contribution in [1.29, 1.82) is 0 Å². The predicted molar refractivity (Wildman–Crippen MR) is 123 cm³/mol. The van der Waals surface area contributed by atoms with E-state index in [0.29, 0.717) is 58.0 Å². The van der Waals surface area contributed by atoms with Crippen molar-refractivity contribution in [3.8, 4) is 10.7 Å². The Bertz CT molecular complexity index is 1240. The van der Waals surface area contributed by atoms with Crippen LogP contribution in [0, 0.1) is 12.8 Å². The number of sulfonamides is 1. The molecule has 0 spiro atoms. The Balaban J connectivity index is 1.52. The van der Waals surface area contributed by atoms with Crippen molar-refractivity contribution >= 4 is 44.6 Å². The lowest BCUT2D eigenvalue weighted by atomic mass is 9.99. The summed E-state index contributed by atoms with van der Waals surface area (Å²) in [6, 6.07) is 8.48. The van der Waals surface area contributed by atoms with Gasteiger partial charge in [-0.2, -0.15) is 9.29 Å². The smallest absolute Gasteiger partial charge is 0.244 e. The molecule has 1 atom stereocenters. The second-order valence-corrected chi connectivity index (χ2v) is 11.2. The van der Waals surface area contributed by atoms with Crippen molar-refractivity contribution in [3.05, 3.63) is 46.1 Å². The van der Waals surface area contributed by atoms with E-state index in [1.165, 1.54) is 15.6 Å². The predicted octanol–water partition coefficient (Wildman–Crippen LogP) is 4.36. The van der Waals surface area contributed by atoms with Crippen LogP contribution in [0.4, 0.5) is 5.69 Å². The summed E-state index contributed by atoms with van der Waals surface area (Å²) >= 11 is 7.29. The molecule has 4 rings (SSSR count). The molecule has 11 heteroatoms. The van der Waals surface area contributed by atoms with Crippen LogP contribution in [0.15, 0.2) is 39.8 Å². The number of anilines is 1. The number of halogens is 1. The summed E-state index contributed by atoms with van der Waals surface area (Å²) in [6.07, 6.45) is 1.83. The van der Waals surface area contributed by atoms with E-state index in [1.54, 1.807) is 37.3 Å². The number of hydrogen-bond acceptors (Lipinski definition) is 7. The van der Waals surface area contributed by atoms with Gasteiger partial charge in [0.05, 0.1) is 15.7 Å². The number of aryl methyl sites for hydroxylation is 2. The number of hydrogen-bond donors (Lipinski definition) is 1. The van der Waals surface area contributed by atoms with Crippen LogP contribution in [0.25, 0.3) is 10.7 Å². The van der Waals surface area contributed by atoms with Crippen molar-refractivity contribution in [2.75, 3.05) is 18.4 Å². The molecular weight excluding hydrogens is 472 g/mol. The van der Waals surface area contributed by atoms with Crippen LogP contribution in [-0.2, 0) is 21.2 Å². The fourth-order valence-electron chi connectivity index (χ4n) is 3.65. The van der Waals surface area contributed by atoms with E-state index in [-0.39, 0.29) is 17.3 Å². The summed E-state index contributed by atoms with van der Waals surface area (Å²) in [5.41, 5.74) is 0.590. The first-order chi connectivity index (χ1) is 15.3. The molecule has 3 aromatic rings. The van der Waals surface area contributed by atoms with Gasteiger partial charge in [-0.3, -0.25) is 4.79 Å². The van der Waals surface area contributed by atoms with Crippen molar-refractivity contribution in [1.82, 2.24) is 14.4 Å². The van der Waals surface area contributed by atoms with Gasteiger partial charge in [0, 0.05) is 35.1 Å². The number of rotatable bonds is 6. The monoisotopic (exact) mass is 494 g/mol. The number of amides is 1. The average Bonchev–Trinajstić information content (AvgIpc) is 3.40. The molecule has 1 unspecified atom stereocenters. The van der Waals surface area contributed by atoms with Crippen molar-refractivity contribution < 1.29 is 17.7 Å². The van der Waals surface area contributed by atoms with Gasteiger partial charge in [0.2, 0.25) is 27.6 Å². The molecule has 1 fully saturated rings. The summed E-state index contributed by atoms with van der Waals surface area (Å²) in [6.45, 7) is 4.16. The molecule has 1 aliphatic rings. The molecule has 0 radical (unpaired) electrons. The molecule has 32 heavy (non-hydrogen) atoms. The van der Waals surface area contributed by atoms with E-state index in [4.69, 9.17) is 16.1 Å². The zero-order valence-corrected chi connectivity index (χ0v) is 20.1. The number of piperidine rings is 1. The van der Waals surface area contributed by atoms with E-state index in [9.17, 15) is 13.2 Å². The van der Waals surface area contributed by atoms with Crippen molar-refractivity contribution in [3.63, 3.8) is 0 Å². The van der Waals surface area contributed by atoms with E-state index in [2.05, 4.69) is 15.5 Å². The van der Waals surface area contributed by atoms with Crippen LogP contribution in [0.1, 0.15) is 30.5 Å². The number of nitrogens with one attached hydrogen (secondary N) is 1. The van der Waals surface area contributed by atoms with Gasteiger partial charge in [0.1, 0.15) is 0 Å². The van der Waals surface area contributed by atoms with Crippen LogP contribution in [0.2, 0.25) is 5.02 Å². The molecular formula is C21H23ClN4O4S2. The van der Waals surface area contributed by atoms with E-state index in [0.717, 1.165) is 0 Å². The Labute approximate surface area is 195 Å². The lowest BCUT2D eigenvalue weighted by molar-refractivity contribution is -0.120. The maximum atomic E-state index is 13.4. The normalized spacial score (nSPS) is 17.4. The number of aromatic nitrogens is 2. The third kappa shape index (κ3) is 4.73. The number of carbonyl (C=O) groups excluding carboxylic acids is 1. The molecule has 2 aromatic heterocycles. The van der Waals surface area contributed by atoms with Gasteiger partial charge < -0.3 is 9.84 Å². The lowest BCUT2D eigenvalue weighted by Gasteiger charge is -2.31. The van der Waals surface area contributed by atoms with Crippen LogP contribution in [-0.4, -0.2) is 41.9 Å². The van der Waals surface area contributed by atoms with E-state index < -0.39 is 15.9 Å². The van der Waals surface area contributed by atoms with Gasteiger partial charge in [0.15, 0.2) is 0 Å². The quantitative estimate of drug-likeness (QED) is 0.545. The van der Waals surface area contributed by atoms with Crippen LogP contribution in [0.3, 0.4) is 0 Å². The van der Waals surface area contributed by atoms with Gasteiger partial charge >= 0.3 is 0 Å². The summed E-state index contributed by atoms with van der Waals surface area (Å²) in [5, 5.41) is 7.30. The SMILES string of the molecule is CCc1nc(-c2cc(S(=O)(=O)N3CCCC(C(=O)Nc4cccc(Cl)c4)C3)c(C)s2)no1. The highest BCUT2D eigenvalue weighted by Crippen LogP contribution is 2.35. The molecule has 8 nitrogen and oxygen atoms in total. The highest BCUT2D eigenvalue weighted by atomic mass is 35.5. The first-order valence-electron chi connectivity index (χ1n) is 10.3. The van der Waals surface area contributed by atoms with Crippen molar-refractivity contribution in [2.24, 2.45) is 5.92 Å². The molecule has 170 valence electrons. The molecule has 1 aliphatic heterocycles. The van der Waals surface area contributed by atoms with Gasteiger partial charge in [-0.1, -0.05) is 29.7 Å². The van der Waals surface area contributed by atoms with Crippen LogP contribution < -0.4 is 5.32 Å². The van der Waals surface area contributed by atoms with Crippen molar-refractivity contribution in [2.45, 2.75) is 38.0 Å². The van der Waals surface area contributed by atoms with Gasteiger partial charge in [-0.25, -0.2) is 8.42 Å². The Morgan fingerprint density at radius 2 is 2.19 bits per heavy atom. The molecule has 3 heterocycles. The molecule has 1 aromatic carbocycles. The summed E-state index contributed by atoms with van der Waals surface area (Å²) < 4.78 is 33.4. The minimum atomic E-state index is -3.77. The lowest BCUT2D eigenvalue weighted by Crippen LogP contribution is -2.43. The Morgan fingerprint density at radius 3 is 2.91 bits per heavy atom.